The number of aliphatic imine (C=N–C) groups is 1. The van der Waals surface area contributed by atoms with E-state index < -0.39 is 18.6 Å². The number of likely N-dealkylation sites (tertiary alicyclic amines) is 1. The fourth-order valence-corrected chi connectivity index (χ4v) is 2.48. The Hall–Kier alpha value is -1.77. The number of carbonyl (C=O) groups excluding carboxylic acids is 1. The Kier molecular flexibility index (Phi) is 8.03. The molecule has 138 valence electrons. The number of guanidine groups is 1. The van der Waals surface area contributed by atoms with Crippen LogP contribution in [0.5, 0.6) is 0 Å². The molecule has 2 N–H and O–H groups in total. The van der Waals surface area contributed by atoms with Gasteiger partial charge in [-0.25, -0.2) is 0 Å². The predicted molar refractivity (Wildman–Crippen MR) is 87.8 cm³/mol. The Bertz CT molecular complexity index is 445. The molecule has 1 saturated heterocycles. The fraction of sp³-hybridized carbons (Fsp3) is 0.733. The van der Waals surface area contributed by atoms with E-state index in [1.165, 1.54) is 0 Å². The number of hydrogen-bond acceptors (Lipinski definition) is 3. The van der Waals surface area contributed by atoms with Gasteiger partial charge in [-0.1, -0.05) is 6.08 Å². The number of amides is 1. The molecule has 0 radical (unpaired) electrons. The summed E-state index contributed by atoms with van der Waals surface area (Å²) in [7, 11) is 2.69. The van der Waals surface area contributed by atoms with Crippen molar-refractivity contribution in [2.24, 2.45) is 4.99 Å². The Morgan fingerprint density at radius 1 is 1.42 bits per heavy atom. The minimum absolute atomic E-state index is 0.222. The molecule has 1 amide bonds. The lowest BCUT2D eigenvalue weighted by Crippen LogP contribution is -2.50. The number of nitrogens with zero attached hydrogens (tertiary/aromatic N) is 3. The number of rotatable bonds is 6. The highest BCUT2D eigenvalue weighted by atomic mass is 19.4. The van der Waals surface area contributed by atoms with Crippen molar-refractivity contribution >= 4 is 11.9 Å². The highest BCUT2D eigenvalue weighted by Gasteiger charge is 2.31. The molecule has 1 aliphatic heterocycles. The molecule has 0 saturated carbocycles. The highest BCUT2D eigenvalue weighted by Crippen LogP contribution is 2.15. The predicted octanol–water partition coefficient (Wildman–Crippen LogP) is 0.822. The van der Waals surface area contributed by atoms with E-state index in [9.17, 15) is 18.0 Å². The van der Waals surface area contributed by atoms with Gasteiger partial charge in [0.2, 0.25) is 5.91 Å². The minimum atomic E-state index is -4.40. The Morgan fingerprint density at radius 2 is 2.04 bits per heavy atom. The maximum atomic E-state index is 12.3. The van der Waals surface area contributed by atoms with Gasteiger partial charge in [-0.2, -0.15) is 13.2 Å². The van der Waals surface area contributed by atoms with Gasteiger partial charge in [0.05, 0.1) is 6.54 Å². The molecule has 9 heteroatoms. The molecule has 0 bridgehead atoms. The van der Waals surface area contributed by atoms with E-state index in [0.29, 0.717) is 10.9 Å². The van der Waals surface area contributed by atoms with Crippen LogP contribution in [0.2, 0.25) is 0 Å². The lowest BCUT2D eigenvalue weighted by atomic mass is 10.1. The zero-order valence-electron chi connectivity index (χ0n) is 14.2. The van der Waals surface area contributed by atoms with Crippen LogP contribution in [0.15, 0.2) is 17.6 Å². The normalized spacial score (nSPS) is 17.5. The van der Waals surface area contributed by atoms with Gasteiger partial charge in [0.25, 0.3) is 0 Å². The van der Waals surface area contributed by atoms with E-state index in [2.05, 4.69) is 27.1 Å². The molecule has 1 fully saturated rings. The van der Waals surface area contributed by atoms with Crippen molar-refractivity contribution < 1.29 is 18.0 Å². The molecule has 0 aromatic rings. The summed E-state index contributed by atoms with van der Waals surface area (Å²) in [6, 6.07) is 0.222. The first-order chi connectivity index (χ1) is 11.2. The van der Waals surface area contributed by atoms with Crippen LogP contribution in [0, 0.1) is 0 Å². The summed E-state index contributed by atoms with van der Waals surface area (Å²) in [4.78, 5) is 18.7. The molecule has 1 rings (SSSR count). The van der Waals surface area contributed by atoms with E-state index in [1.807, 2.05) is 6.08 Å². The second kappa shape index (κ2) is 9.51. The lowest BCUT2D eigenvalue weighted by molar-refractivity contribution is -0.157. The summed E-state index contributed by atoms with van der Waals surface area (Å²) in [5.74, 6) is -0.220. The van der Waals surface area contributed by atoms with Crippen molar-refractivity contribution in [3.05, 3.63) is 12.7 Å². The first kappa shape index (κ1) is 20.3. The summed E-state index contributed by atoms with van der Waals surface area (Å²) in [6.45, 7) is 4.96. The fourth-order valence-electron chi connectivity index (χ4n) is 2.48. The Labute approximate surface area is 140 Å². The first-order valence-corrected chi connectivity index (χ1v) is 7.86. The molecule has 0 spiro atoms. The molecule has 6 nitrogen and oxygen atoms in total. The third kappa shape index (κ3) is 7.67. The third-order valence-corrected chi connectivity index (χ3v) is 3.79. The topological polar surface area (TPSA) is 60.0 Å². The number of piperidine rings is 1. The van der Waals surface area contributed by atoms with Gasteiger partial charge < -0.3 is 15.5 Å². The van der Waals surface area contributed by atoms with Crippen molar-refractivity contribution in [3.63, 3.8) is 0 Å². The van der Waals surface area contributed by atoms with Crippen molar-refractivity contribution in [3.8, 4) is 0 Å². The van der Waals surface area contributed by atoms with E-state index in [0.717, 1.165) is 39.5 Å². The molecule has 0 unspecified atom stereocenters. The summed E-state index contributed by atoms with van der Waals surface area (Å²) in [5.41, 5.74) is 0. The first-order valence-electron chi connectivity index (χ1n) is 7.86. The van der Waals surface area contributed by atoms with Crippen LogP contribution >= 0.6 is 0 Å². The number of hydrogen-bond donors (Lipinski definition) is 2. The van der Waals surface area contributed by atoms with Crippen LogP contribution in [0.25, 0.3) is 0 Å². The number of likely N-dealkylation sites (N-methyl/N-ethyl adjacent to an activating group) is 1. The van der Waals surface area contributed by atoms with Gasteiger partial charge in [-0.3, -0.25) is 14.7 Å². The molecule has 1 aliphatic rings. The summed E-state index contributed by atoms with van der Waals surface area (Å²) >= 11 is 0. The molecule has 0 aliphatic carbocycles. The molecule has 0 aromatic heterocycles. The lowest BCUT2D eigenvalue weighted by Gasteiger charge is -2.32. The van der Waals surface area contributed by atoms with Gasteiger partial charge in [-0.05, 0) is 12.8 Å². The van der Waals surface area contributed by atoms with Crippen LogP contribution < -0.4 is 10.6 Å². The number of halogens is 3. The van der Waals surface area contributed by atoms with E-state index >= 15 is 0 Å². The minimum Gasteiger partial charge on any atom is -0.354 e. The summed E-state index contributed by atoms with van der Waals surface area (Å²) < 4.78 is 36.8. The van der Waals surface area contributed by atoms with Crippen LogP contribution in [0.3, 0.4) is 0 Å². The Morgan fingerprint density at radius 3 is 2.54 bits per heavy atom. The molecule has 24 heavy (non-hydrogen) atoms. The van der Waals surface area contributed by atoms with E-state index in [1.54, 1.807) is 7.05 Å². The molecular formula is C15H26F3N5O. The van der Waals surface area contributed by atoms with Gasteiger partial charge in [-0.15, -0.1) is 6.58 Å². The largest absolute Gasteiger partial charge is 0.406 e. The van der Waals surface area contributed by atoms with Gasteiger partial charge >= 0.3 is 6.18 Å². The smallest absolute Gasteiger partial charge is 0.354 e. The monoisotopic (exact) mass is 349 g/mol. The van der Waals surface area contributed by atoms with Crippen LogP contribution in [0.1, 0.15) is 12.8 Å². The van der Waals surface area contributed by atoms with Gasteiger partial charge in [0.1, 0.15) is 6.54 Å². The van der Waals surface area contributed by atoms with Crippen LogP contribution in [0.4, 0.5) is 13.2 Å². The Balaban J connectivity index is 2.35. The molecule has 0 atom stereocenters. The highest BCUT2D eigenvalue weighted by molar-refractivity contribution is 5.86. The maximum absolute atomic E-state index is 12.3. The number of carbonyl (C=O) groups is 1. The molecular weight excluding hydrogens is 323 g/mol. The second-order valence-corrected chi connectivity index (χ2v) is 5.80. The number of alkyl halides is 3. The maximum Gasteiger partial charge on any atom is 0.406 e. The van der Waals surface area contributed by atoms with E-state index in [-0.39, 0.29) is 12.6 Å². The van der Waals surface area contributed by atoms with Crippen LogP contribution in [-0.4, -0.2) is 80.7 Å². The standard InChI is InChI=1S/C15H26F3N5O/c1-4-7-23-8-5-12(6-9-23)21-14(19-2)20-10-13(24)22(3)11-15(16,17)18/h4,12H,1,5-11H2,2-3H3,(H2,19,20,21). The second-order valence-electron chi connectivity index (χ2n) is 5.80. The third-order valence-electron chi connectivity index (χ3n) is 3.79. The average Bonchev–Trinajstić information content (AvgIpc) is 2.51. The van der Waals surface area contributed by atoms with Crippen molar-refractivity contribution in [1.82, 2.24) is 20.4 Å². The molecule has 0 aromatic carbocycles. The average molecular weight is 349 g/mol. The zero-order valence-corrected chi connectivity index (χ0v) is 14.2. The zero-order chi connectivity index (χ0) is 18.2. The van der Waals surface area contributed by atoms with Crippen LogP contribution in [-0.2, 0) is 4.79 Å². The van der Waals surface area contributed by atoms with Crippen molar-refractivity contribution in [1.29, 1.82) is 0 Å². The molecule has 1 heterocycles. The summed E-state index contributed by atoms with van der Waals surface area (Å²) in [5, 5.41) is 5.97. The quantitative estimate of drug-likeness (QED) is 0.424. The summed E-state index contributed by atoms with van der Waals surface area (Å²) in [6.07, 6.45) is -0.673. The van der Waals surface area contributed by atoms with Gasteiger partial charge in [0.15, 0.2) is 5.96 Å². The van der Waals surface area contributed by atoms with Crippen molar-refractivity contribution in [2.75, 3.05) is 46.8 Å². The van der Waals surface area contributed by atoms with Crippen molar-refractivity contribution in [2.45, 2.75) is 25.1 Å². The van der Waals surface area contributed by atoms with E-state index in [4.69, 9.17) is 0 Å². The van der Waals surface area contributed by atoms with Gasteiger partial charge in [0, 0.05) is 39.8 Å². The SMILES string of the molecule is C=CCN1CCC(NC(=NC)NCC(=O)N(C)CC(F)(F)F)CC1. The number of nitrogens with one attached hydrogen (secondary N) is 2.